The predicted molar refractivity (Wildman–Crippen MR) is 127 cm³/mol. The monoisotopic (exact) mass is 459 g/mol. The molecule has 5 rings (SSSR count). The van der Waals surface area contributed by atoms with Gasteiger partial charge in [0.05, 0.1) is 12.8 Å². The van der Waals surface area contributed by atoms with Gasteiger partial charge in [-0.25, -0.2) is 4.79 Å². The molecule has 34 heavy (non-hydrogen) atoms. The Hall–Kier alpha value is -4.14. The molecular weight excluding hydrogens is 434 g/mol. The van der Waals surface area contributed by atoms with E-state index in [-0.39, 0.29) is 29.0 Å². The van der Waals surface area contributed by atoms with Gasteiger partial charge in [-0.05, 0) is 48.7 Å². The standard InChI is InChI=1S/C25H25N5O4/c1-34-22-8-3-2-6-18(22)27-25(33)28-20-9-10-21-17-12-16(14-30(21)24(20)32)13-29(15-17)23(31)19-7-4-5-11-26-19/h2-11,16-17H,12-15H2,1H3,(H2,27,28,33). The number of nitrogens with zero attached hydrogens (tertiary/aromatic N) is 3. The van der Waals surface area contributed by atoms with Crippen molar-refractivity contribution in [2.45, 2.75) is 18.9 Å². The molecule has 174 valence electrons. The third kappa shape index (κ3) is 4.12. The normalized spacial score (nSPS) is 18.6. The van der Waals surface area contributed by atoms with E-state index in [9.17, 15) is 14.4 Å². The molecule has 0 saturated carbocycles. The zero-order valence-electron chi connectivity index (χ0n) is 18.7. The summed E-state index contributed by atoms with van der Waals surface area (Å²) in [6.45, 7) is 1.61. The molecule has 2 atom stereocenters. The number of nitrogens with one attached hydrogen (secondary N) is 2. The van der Waals surface area contributed by atoms with Crippen LogP contribution in [0.2, 0.25) is 0 Å². The fraction of sp³-hybridized carbons (Fsp3) is 0.280. The Morgan fingerprint density at radius 3 is 2.56 bits per heavy atom. The number of rotatable bonds is 4. The average Bonchev–Trinajstić information content (AvgIpc) is 2.86. The van der Waals surface area contributed by atoms with Crippen molar-refractivity contribution in [3.05, 3.63) is 82.5 Å². The Kier molecular flexibility index (Phi) is 5.75. The molecule has 0 aliphatic carbocycles. The number of para-hydroxylation sites is 2. The van der Waals surface area contributed by atoms with Gasteiger partial charge in [0, 0.05) is 37.4 Å². The Bertz CT molecular complexity index is 1290. The minimum Gasteiger partial charge on any atom is -0.495 e. The molecule has 2 bridgehead atoms. The van der Waals surface area contributed by atoms with Gasteiger partial charge >= 0.3 is 6.03 Å². The van der Waals surface area contributed by atoms with Crippen molar-refractivity contribution in [1.29, 1.82) is 0 Å². The molecule has 2 aliphatic heterocycles. The van der Waals surface area contributed by atoms with Gasteiger partial charge in [0.15, 0.2) is 0 Å². The fourth-order valence-electron chi connectivity index (χ4n) is 4.88. The van der Waals surface area contributed by atoms with Crippen LogP contribution in [0.15, 0.2) is 65.6 Å². The van der Waals surface area contributed by atoms with Gasteiger partial charge in [0.1, 0.15) is 17.1 Å². The minimum atomic E-state index is -0.523. The number of benzene rings is 1. The molecule has 2 aromatic heterocycles. The Morgan fingerprint density at radius 1 is 0.971 bits per heavy atom. The molecule has 2 unspecified atom stereocenters. The number of likely N-dealkylation sites (tertiary alicyclic amines) is 1. The van der Waals surface area contributed by atoms with E-state index in [0.717, 1.165) is 12.1 Å². The number of urea groups is 1. The molecule has 1 fully saturated rings. The highest BCUT2D eigenvalue weighted by atomic mass is 16.5. The Balaban J connectivity index is 1.33. The van der Waals surface area contributed by atoms with Gasteiger partial charge in [0.2, 0.25) is 0 Å². The van der Waals surface area contributed by atoms with Crippen molar-refractivity contribution in [3.8, 4) is 5.75 Å². The molecule has 1 saturated heterocycles. The zero-order valence-corrected chi connectivity index (χ0v) is 18.7. The van der Waals surface area contributed by atoms with Crippen LogP contribution in [0.3, 0.4) is 0 Å². The lowest BCUT2D eigenvalue weighted by Crippen LogP contribution is -2.49. The van der Waals surface area contributed by atoms with Crippen molar-refractivity contribution in [2.24, 2.45) is 5.92 Å². The van der Waals surface area contributed by atoms with E-state index < -0.39 is 6.03 Å². The van der Waals surface area contributed by atoms with Crippen LogP contribution in [0.1, 0.15) is 28.5 Å². The van der Waals surface area contributed by atoms with E-state index in [0.29, 0.717) is 36.8 Å². The van der Waals surface area contributed by atoms with Gasteiger partial charge in [-0.3, -0.25) is 14.6 Å². The highest BCUT2D eigenvalue weighted by Crippen LogP contribution is 2.36. The van der Waals surface area contributed by atoms with Crippen LogP contribution in [0.25, 0.3) is 0 Å². The summed E-state index contributed by atoms with van der Waals surface area (Å²) in [7, 11) is 1.52. The number of fused-ring (bicyclic) bond motifs is 4. The summed E-state index contributed by atoms with van der Waals surface area (Å²) in [6.07, 6.45) is 2.54. The molecule has 0 spiro atoms. The largest absolute Gasteiger partial charge is 0.495 e. The number of carbonyl (C=O) groups is 2. The van der Waals surface area contributed by atoms with Crippen molar-refractivity contribution in [2.75, 3.05) is 30.8 Å². The maximum Gasteiger partial charge on any atom is 0.323 e. The maximum absolute atomic E-state index is 13.2. The van der Waals surface area contributed by atoms with Gasteiger partial charge in [0.25, 0.3) is 11.5 Å². The second-order valence-electron chi connectivity index (χ2n) is 8.59. The lowest BCUT2D eigenvalue weighted by Gasteiger charge is -2.42. The fourth-order valence-corrected chi connectivity index (χ4v) is 4.88. The molecule has 3 amide bonds. The van der Waals surface area contributed by atoms with E-state index in [1.807, 2.05) is 11.0 Å². The van der Waals surface area contributed by atoms with Crippen LogP contribution < -0.4 is 20.9 Å². The third-order valence-electron chi connectivity index (χ3n) is 6.38. The molecule has 2 N–H and O–H groups in total. The molecule has 1 aromatic carbocycles. The van der Waals surface area contributed by atoms with Crippen LogP contribution in [0.4, 0.5) is 16.2 Å². The van der Waals surface area contributed by atoms with Gasteiger partial charge < -0.3 is 24.8 Å². The molecule has 2 aliphatic rings. The van der Waals surface area contributed by atoms with Gasteiger partial charge in [-0.2, -0.15) is 0 Å². The van der Waals surface area contributed by atoms with Crippen molar-refractivity contribution < 1.29 is 14.3 Å². The molecule has 9 nitrogen and oxygen atoms in total. The highest BCUT2D eigenvalue weighted by molar-refractivity contribution is 6.00. The van der Waals surface area contributed by atoms with Crippen LogP contribution >= 0.6 is 0 Å². The van der Waals surface area contributed by atoms with E-state index in [1.54, 1.807) is 59.3 Å². The molecule has 0 radical (unpaired) electrons. The smallest absolute Gasteiger partial charge is 0.323 e. The summed E-state index contributed by atoms with van der Waals surface area (Å²) < 4.78 is 6.99. The highest BCUT2D eigenvalue weighted by Gasteiger charge is 2.37. The first-order valence-electron chi connectivity index (χ1n) is 11.2. The van der Waals surface area contributed by atoms with E-state index in [1.165, 1.54) is 7.11 Å². The summed E-state index contributed by atoms with van der Waals surface area (Å²) in [5.74, 6) is 0.661. The molecule has 9 heteroatoms. The zero-order chi connectivity index (χ0) is 23.7. The second kappa shape index (κ2) is 9.01. The number of aromatic nitrogens is 2. The first-order valence-corrected chi connectivity index (χ1v) is 11.2. The first kappa shape index (κ1) is 21.7. The molecule has 3 aromatic rings. The van der Waals surface area contributed by atoms with E-state index >= 15 is 0 Å². The van der Waals surface area contributed by atoms with Crippen molar-refractivity contribution in [3.63, 3.8) is 0 Å². The Labute approximate surface area is 196 Å². The SMILES string of the molecule is COc1ccccc1NC(=O)Nc1ccc2n(c1=O)CC1CC2CN(C(=O)c2ccccn2)C1. The summed E-state index contributed by atoms with van der Waals surface area (Å²) in [4.78, 5) is 44.7. The van der Waals surface area contributed by atoms with Crippen molar-refractivity contribution >= 4 is 23.3 Å². The first-order chi connectivity index (χ1) is 16.5. The summed E-state index contributed by atoms with van der Waals surface area (Å²) in [5, 5.41) is 5.38. The Morgan fingerprint density at radius 2 is 1.76 bits per heavy atom. The minimum absolute atomic E-state index is 0.0596. The van der Waals surface area contributed by atoms with Gasteiger partial charge in [-0.1, -0.05) is 18.2 Å². The lowest BCUT2D eigenvalue weighted by atomic mass is 9.83. The molecular formula is C25H25N5O4. The summed E-state index contributed by atoms with van der Waals surface area (Å²) in [6, 6.07) is 15.3. The lowest BCUT2D eigenvalue weighted by molar-refractivity contribution is 0.0589. The number of hydrogen-bond donors (Lipinski definition) is 2. The van der Waals surface area contributed by atoms with Crippen LogP contribution in [-0.2, 0) is 6.54 Å². The number of ether oxygens (including phenoxy) is 1. The summed E-state index contributed by atoms with van der Waals surface area (Å²) >= 11 is 0. The van der Waals surface area contributed by atoms with Crippen LogP contribution in [0, 0.1) is 5.92 Å². The van der Waals surface area contributed by atoms with Crippen LogP contribution in [0.5, 0.6) is 5.75 Å². The number of carbonyl (C=O) groups excluding carboxylic acids is 2. The molecule has 4 heterocycles. The van der Waals surface area contributed by atoms with Gasteiger partial charge in [-0.15, -0.1) is 0 Å². The second-order valence-corrected chi connectivity index (χ2v) is 8.59. The predicted octanol–water partition coefficient (Wildman–Crippen LogP) is 3.16. The average molecular weight is 460 g/mol. The number of piperidine rings is 1. The number of amides is 3. The number of pyridine rings is 2. The quantitative estimate of drug-likeness (QED) is 0.624. The topological polar surface area (TPSA) is 106 Å². The number of anilines is 2. The number of methoxy groups -OCH3 is 1. The maximum atomic E-state index is 13.2. The third-order valence-corrected chi connectivity index (χ3v) is 6.38. The van der Waals surface area contributed by atoms with E-state index in [4.69, 9.17) is 4.74 Å². The van der Waals surface area contributed by atoms with Crippen molar-refractivity contribution in [1.82, 2.24) is 14.5 Å². The van der Waals surface area contributed by atoms with E-state index in [2.05, 4.69) is 15.6 Å². The van der Waals surface area contributed by atoms with Crippen LogP contribution in [-0.4, -0.2) is 46.6 Å². The summed E-state index contributed by atoms with van der Waals surface area (Å²) in [5.41, 5.74) is 1.79. The number of hydrogen-bond acceptors (Lipinski definition) is 5.